The number of carbonyl (C=O) groups is 1. The highest BCUT2D eigenvalue weighted by Gasteiger charge is 2.23. The lowest BCUT2D eigenvalue weighted by molar-refractivity contribution is -0.126. The lowest BCUT2D eigenvalue weighted by Gasteiger charge is -2.18. The van der Waals surface area contributed by atoms with E-state index in [1.165, 1.54) is 16.4 Å². The Morgan fingerprint density at radius 1 is 1.14 bits per heavy atom. The SMILES string of the molecule is CCN(CC)S(=O)(=O)c1ccc2nnn(OCC(=O)NCc3ccccc3)c2c1. The molecule has 9 nitrogen and oxygen atoms in total. The number of hydrogen-bond donors (Lipinski definition) is 1. The second-order valence-corrected chi connectivity index (χ2v) is 8.18. The number of nitrogens with zero attached hydrogens (tertiary/aromatic N) is 4. The summed E-state index contributed by atoms with van der Waals surface area (Å²) in [5.41, 5.74) is 1.81. The van der Waals surface area contributed by atoms with Crippen molar-refractivity contribution in [2.45, 2.75) is 25.3 Å². The number of rotatable bonds is 9. The number of amides is 1. The molecule has 0 saturated heterocycles. The molecular formula is C19H23N5O4S. The smallest absolute Gasteiger partial charge is 0.261 e. The van der Waals surface area contributed by atoms with Gasteiger partial charge in [0.25, 0.3) is 5.91 Å². The number of sulfonamides is 1. The van der Waals surface area contributed by atoms with Gasteiger partial charge in [0, 0.05) is 19.6 Å². The van der Waals surface area contributed by atoms with Gasteiger partial charge in [0.15, 0.2) is 6.61 Å². The Bertz CT molecular complexity index is 1080. The van der Waals surface area contributed by atoms with Gasteiger partial charge in [0.05, 0.1) is 4.90 Å². The van der Waals surface area contributed by atoms with Gasteiger partial charge in [-0.2, -0.15) is 4.31 Å². The van der Waals surface area contributed by atoms with Gasteiger partial charge in [0.2, 0.25) is 10.0 Å². The van der Waals surface area contributed by atoms with Crippen LogP contribution < -0.4 is 10.2 Å². The van der Waals surface area contributed by atoms with E-state index in [1.54, 1.807) is 19.9 Å². The summed E-state index contributed by atoms with van der Waals surface area (Å²) in [6, 6.07) is 14.0. The van der Waals surface area contributed by atoms with E-state index in [2.05, 4.69) is 15.6 Å². The van der Waals surface area contributed by atoms with Gasteiger partial charge in [-0.3, -0.25) is 4.79 Å². The lowest BCUT2D eigenvalue weighted by Crippen LogP contribution is -2.32. The van der Waals surface area contributed by atoms with Gasteiger partial charge in [-0.05, 0) is 29.0 Å². The molecule has 0 aliphatic heterocycles. The summed E-state index contributed by atoms with van der Waals surface area (Å²) in [7, 11) is -3.63. The number of hydrogen-bond acceptors (Lipinski definition) is 6. The molecule has 0 spiro atoms. The fourth-order valence-corrected chi connectivity index (χ4v) is 4.29. The van der Waals surface area contributed by atoms with E-state index in [-0.39, 0.29) is 17.4 Å². The third-order valence-electron chi connectivity index (χ3n) is 4.38. The molecule has 29 heavy (non-hydrogen) atoms. The maximum atomic E-state index is 12.7. The summed E-state index contributed by atoms with van der Waals surface area (Å²) in [6.07, 6.45) is 0. The van der Waals surface area contributed by atoms with Gasteiger partial charge < -0.3 is 10.2 Å². The predicted molar refractivity (Wildman–Crippen MR) is 107 cm³/mol. The van der Waals surface area contributed by atoms with E-state index in [1.807, 2.05) is 30.3 Å². The van der Waals surface area contributed by atoms with Crippen LogP contribution in [0.15, 0.2) is 53.4 Å². The van der Waals surface area contributed by atoms with Crippen molar-refractivity contribution < 1.29 is 18.0 Å². The van der Waals surface area contributed by atoms with Crippen molar-refractivity contribution in [2.24, 2.45) is 0 Å². The minimum Gasteiger partial charge on any atom is -0.385 e. The molecule has 2 aromatic carbocycles. The summed E-state index contributed by atoms with van der Waals surface area (Å²) in [6.45, 7) is 4.40. The topological polar surface area (TPSA) is 106 Å². The Labute approximate surface area is 169 Å². The van der Waals surface area contributed by atoms with Crippen LogP contribution >= 0.6 is 0 Å². The zero-order chi connectivity index (χ0) is 20.9. The predicted octanol–water partition coefficient (Wildman–Crippen LogP) is 1.21. The molecule has 0 bridgehead atoms. The first kappa shape index (κ1) is 20.7. The molecule has 0 unspecified atom stereocenters. The first-order valence-corrected chi connectivity index (χ1v) is 10.7. The Morgan fingerprint density at radius 2 is 1.86 bits per heavy atom. The second kappa shape index (κ2) is 9.01. The van der Waals surface area contributed by atoms with E-state index in [0.29, 0.717) is 30.7 Å². The molecule has 10 heteroatoms. The third-order valence-corrected chi connectivity index (χ3v) is 6.43. The van der Waals surface area contributed by atoms with E-state index >= 15 is 0 Å². The van der Waals surface area contributed by atoms with Crippen molar-refractivity contribution in [3.63, 3.8) is 0 Å². The standard InChI is InChI=1S/C19H23N5O4S/c1-3-23(4-2)29(26,27)16-10-11-17-18(12-16)24(22-21-17)28-14-19(25)20-13-15-8-6-5-7-9-15/h5-12H,3-4,13-14H2,1-2H3,(H,20,25). The van der Waals surface area contributed by atoms with Crippen LogP contribution in [0.1, 0.15) is 19.4 Å². The largest absolute Gasteiger partial charge is 0.385 e. The molecule has 0 aliphatic rings. The van der Waals surface area contributed by atoms with Crippen molar-refractivity contribution in [3.8, 4) is 0 Å². The molecule has 0 fully saturated rings. The van der Waals surface area contributed by atoms with Crippen LogP contribution in [0.25, 0.3) is 11.0 Å². The number of carbonyl (C=O) groups excluding carboxylic acids is 1. The summed E-state index contributed by atoms with van der Waals surface area (Å²) in [5, 5.41) is 10.5. The monoisotopic (exact) mass is 417 g/mol. The van der Waals surface area contributed by atoms with Crippen LogP contribution in [0, 0.1) is 0 Å². The highest BCUT2D eigenvalue weighted by molar-refractivity contribution is 7.89. The highest BCUT2D eigenvalue weighted by atomic mass is 32.2. The zero-order valence-corrected chi connectivity index (χ0v) is 17.1. The Balaban J connectivity index is 1.71. The average Bonchev–Trinajstić information content (AvgIpc) is 3.14. The molecular weight excluding hydrogens is 394 g/mol. The van der Waals surface area contributed by atoms with Crippen LogP contribution in [0.4, 0.5) is 0 Å². The van der Waals surface area contributed by atoms with Gasteiger partial charge in [0.1, 0.15) is 11.0 Å². The molecule has 154 valence electrons. The number of fused-ring (bicyclic) bond motifs is 1. The second-order valence-electron chi connectivity index (χ2n) is 6.24. The lowest BCUT2D eigenvalue weighted by atomic mass is 10.2. The first-order valence-electron chi connectivity index (χ1n) is 9.25. The summed E-state index contributed by atoms with van der Waals surface area (Å²) < 4.78 is 26.8. The zero-order valence-electron chi connectivity index (χ0n) is 16.3. The molecule has 1 N–H and O–H groups in total. The summed E-state index contributed by atoms with van der Waals surface area (Å²) >= 11 is 0. The van der Waals surface area contributed by atoms with Gasteiger partial charge in [-0.25, -0.2) is 8.42 Å². The molecule has 1 heterocycles. The fraction of sp³-hybridized carbons (Fsp3) is 0.316. The Morgan fingerprint density at radius 3 is 2.55 bits per heavy atom. The normalized spacial score (nSPS) is 11.7. The maximum absolute atomic E-state index is 12.7. The van der Waals surface area contributed by atoms with Crippen LogP contribution in [-0.2, 0) is 21.4 Å². The maximum Gasteiger partial charge on any atom is 0.261 e. The molecule has 0 aliphatic carbocycles. The van der Waals surface area contributed by atoms with Crippen molar-refractivity contribution in [1.29, 1.82) is 0 Å². The van der Waals surface area contributed by atoms with E-state index in [0.717, 1.165) is 10.4 Å². The van der Waals surface area contributed by atoms with E-state index < -0.39 is 10.0 Å². The van der Waals surface area contributed by atoms with Crippen molar-refractivity contribution in [3.05, 3.63) is 54.1 Å². The van der Waals surface area contributed by atoms with Crippen LogP contribution in [-0.4, -0.2) is 53.5 Å². The molecule has 3 rings (SSSR count). The van der Waals surface area contributed by atoms with Crippen LogP contribution in [0.5, 0.6) is 0 Å². The van der Waals surface area contributed by atoms with Gasteiger partial charge in [-0.15, -0.1) is 5.10 Å². The van der Waals surface area contributed by atoms with Crippen molar-refractivity contribution >= 4 is 27.0 Å². The summed E-state index contributed by atoms with van der Waals surface area (Å²) in [5.74, 6) is -0.329. The minimum atomic E-state index is -3.63. The number of aromatic nitrogens is 3. The minimum absolute atomic E-state index is 0.120. The highest BCUT2D eigenvalue weighted by Crippen LogP contribution is 2.20. The first-order chi connectivity index (χ1) is 14.0. The molecule has 0 radical (unpaired) electrons. The van der Waals surface area contributed by atoms with Crippen LogP contribution in [0.2, 0.25) is 0 Å². The average molecular weight is 417 g/mol. The van der Waals surface area contributed by atoms with E-state index in [4.69, 9.17) is 4.84 Å². The van der Waals surface area contributed by atoms with Gasteiger partial charge >= 0.3 is 0 Å². The Kier molecular flexibility index (Phi) is 6.45. The van der Waals surface area contributed by atoms with Crippen molar-refractivity contribution in [1.82, 2.24) is 24.8 Å². The summed E-state index contributed by atoms with van der Waals surface area (Å²) in [4.78, 5) is 18.6. The van der Waals surface area contributed by atoms with Crippen LogP contribution in [0.3, 0.4) is 0 Å². The fourth-order valence-electron chi connectivity index (χ4n) is 2.81. The third kappa shape index (κ3) is 4.72. The molecule has 0 atom stereocenters. The molecule has 3 aromatic rings. The molecule has 0 saturated carbocycles. The Hall–Kier alpha value is -2.98. The number of benzene rings is 2. The van der Waals surface area contributed by atoms with Crippen molar-refractivity contribution in [2.75, 3.05) is 19.7 Å². The van der Waals surface area contributed by atoms with E-state index in [9.17, 15) is 13.2 Å². The molecule has 1 aromatic heterocycles. The quantitative estimate of drug-likeness (QED) is 0.561. The number of nitrogens with one attached hydrogen (secondary N) is 1. The molecule has 1 amide bonds. The van der Waals surface area contributed by atoms with Gasteiger partial charge in [-0.1, -0.05) is 49.0 Å².